The number of benzene rings is 2. The average Bonchev–Trinajstić information content (AvgIpc) is 3.36. The third-order valence-electron chi connectivity index (χ3n) is 5.34. The molecule has 0 atom stereocenters. The fourth-order valence-corrected chi connectivity index (χ4v) is 3.54. The van der Waals surface area contributed by atoms with E-state index in [1.807, 2.05) is 4.90 Å². The average molecular weight is 509 g/mol. The van der Waals surface area contributed by atoms with E-state index in [0.29, 0.717) is 43.7 Å². The van der Waals surface area contributed by atoms with Crippen LogP contribution in [0.2, 0.25) is 0 Å². The van der Waals surface area contributed by atoms with E-state index in [0.717, 1.165) is 0 Å². The van der Waals surface area contributed by atoms with Crippen LogP contribution in [-0.4, -0.2) is 64.1 Å². The maximum absolute atomic E-state index is 11.5. The molecule has 5 rings (SSSR count). The molecule has 1 saturated heterocycles. The predicted octanol–water partition coefficient (Wildman–Crippen LogP) is 2.44. The summed E-state index contributed by atoms with van der Waals surface area (Å²) in [6.07, 6.45) is 1.25. The summed E-state index contributed by atoms with van der Waals surface area (Å²) in [6.45, 7) is 2.11. The highest BCUT2D eigenvalue weighted by Crippen LogP contribution is 2.37. The summed E-state index contributed by atoms with van der Waals surface area (Å²) in [5.74, 6) is 1.25. The normalized spacial score (nSPS) is 14.5. The Labute approximate surface area is 208 Å². The smallest absolute Gasteiger partial charge is 0.282 e. The van der Waals surface area contributed by atoms with E-state index >= 15 is 0 Å². The lowest BCUT2D eigenvalue weighted by Gasteiger charge is -2.27. The Bertz CT molecular complexity index is 1360. The van der Waals surface area contributed by atoms with Crippen LogP contribution >= 0.6 is 0 Å². The number of hydrogen-bond acceptors (Lipinski definition) is 14. The fraction of sp³-hybridized carbons (Fsp3) is 0.238. The predicted molar refractivity (Wildman–Crippen MR) is 130 cm³/mol. The van der Waals surface area contributed by atoms with E-state index < -0.39 is 9.85 Å². The minimum absolute atomic E-state index is 0.0228. The van der Waals surface area contributed by atoms with Gasteiger partial charge in [0.25, 0.3) is 11.4 Å². The Kier molecular flexibility index (Phi) is 6.54. The quantitative estimate of drug-likeness (QED) is 0.256. The van der Waals surface area contributed by atoms with Crippen LogP contribution in [0.3, 0.4) is 0 Å². The van der Waals surface area contributed by atoms with Crippen LogP contribution in [0.1, 0.15) is 5.56 Å². The number of morpholine rings is 1. The number of aromatic nitrogens is 3. The van der Waals surface area contributed by atoms with Gasteiger partial charge in [-0.15, -0.1) is 0 Å². The monoisotopic (exact) mass is 509 g/mol. The van der Waals surface area contributed by atoms with Gasteiger partial charge in [0, 0.05) is 30.9 Å². The van der Waals surface area contributed by atoms with Crippen LogP contribution < -0.4 is 25.1 Å². The summed E-state index contributed by atoms with van der Waals surface area (Å²) in [5.41, 5.74) is 3.13. The van der Waals surface area contributed by atoms with Crippen molar-refractivity contribution in [2.24, 2.45) is 5.10 Å². The number of rotatable bonds is 8. The molecule has 3 aromatic rings. The molecule has 1 aromatic heterocycles. The number of hydrazone groups is 1. The van der Waals surface area contributed by atoms with Crippen molar-refractivity contribution in [2.75, 3.05) is 48.7 Å². The van der Waals surface area contributed by atoms with Gasteiger partial charge in [0.1, 0.15) is 0 Å². The van der Waals surface area contributed by atoms with Crippen molar-refractivity contribution in [3.63, 3.8) is 0 Å². The van der Waals surface area contributed by atoms with Crippen LogP contribution in [0, 0.1) is 20.2 Å². The van der Waals surface area contributed by atoms with Gasteiger partial charge in [-0.3, -0.25) is 20.2 Å². The molecule has 1 fully saturated rings. The van der Waals surface area contributed by atoms with Gasteiger partial charge in [0.2, 0.25) is 24.6 Å². The molecule has 2 N–H and O–H groups in total. The van der Waals surface area contributed by atoms with E-state index in [9.17, 15) is 20.2 Å². The molecule has 0 aliphatic carbocycles. The van der Waals surface area contributed by atoms with E-state index in [-0.39, 0.29) is 41.4 Å². The van der Waals surface area contributed by atoms with E-state index in [1.54, 1.807) is 0 Å². The van der Waals surface area contributed by atoms with E-state index in [4.69, 9.17) is 14.2 Å². The Morgan fingerprint density at radius 3 is 2.35 bits per heavy atom. The Morgan fingerprint density at radius 2 is 1.65 bits per heavy atom. The van der Waals surface area contributed by atoms with Crippen LogP contribution in [0.25, 0.3) is 0 Å². The number of nitro groups is 2. The number of ether oxygens (including phenoxy) is 3. The van der Waals surface area contributed by atoms with E-state index in [2.05, 4.69) is 30.8 Å². The molecule has 37 heavy (non-hydrogen) atoms. The first-order chi connectivity index (χ1) is 18.0. The molecular weight excluding hydrogens is 490 g/mol. The molecule has 16 heteroatoms. The molecule has 0 spiro atoms. The summed E-state index contributed by atoms with van der Waals surface area (Å²) in [7, 11) is 0. The molecular formula is C21H19N9O7. The summed E-state index contributed by atoms with van der Waals surface area (Å²) in [4.78, 5) is 36.4. The Hall–Kier alpha value is -5.12. The maximum atomic E-state index is 11.5. The fourth-order valence-electron chi connectivity index (χ4n) is 3.54. The molecule has 16 nitrogen and oxygen atoms in total. The number of hydrogen-bond donors (Lipinski definition) is 2. The standard InChI is InChI=1S/C21H19N9O7/c31-29(32)15-3-1-14(2-4-15)23-19-24-20(26-21(25-19)28-5-7-35-8-6-28)27-22-11-13-9-17-18(37-12-36-17)10-16(13)30(33)34/h1-4,9-11H,5-8,12H2,(H2,23,24,25,26,27). The van der Waals surface area contributed by atoms with Gasteiger partial charge in [-0.1, -0.05) is 0 Å². The number of anilines is 4. The van der Waals surface area contributed by atoms with Gasteiger partial charge in [-0.2, -0.15) is 20.1 Å². The number of nitrogens with zero attached hydrogens (tertiary/aromatic N) is 7. The lowest BCUT2D eigenvalue weighted by molar-refractivity contribution is -0.385. The van der Waals surface area contributed by atoms with Gasteiger partial charge in [-0.25, -0.2) is 5.43 Å². The minimum atomic E-state index is -0.547. The lowest BCUT2D eigenvalue weighted by atomic mass is 10.1. The molecule has 0 unspecified atom stereocenters. The second kappa shape index (κ2) is 10.2. The number of nitro benzene ring substituents is 2. The molecule has 2 aliphatic rings. The van der Waals surface area contributed by atoms with Crippen molar-refractivity contribution >= 4 is 41.1 Å². The molecule has 0 bridgehead atoms. The van der Waals surface area contributed by atoms with Crippen molar-refractivity contribution in [3.8, 4) is 11.5 Å². The molecule has 190 valence electrons. The third-order valence-corrected chi connectivity index (χ3v) is 5.34. The van der Waals surface area contributed by atoms with Crippen molar-refractivity contribution in [2.45, 2.75) is 0 Å². The van der Waals surface area contributed by atoms with Crippen LogP contribution in [0.15, 0.2) is 41.5 Å². The van der Waals surface area contributed by atoms with E-state index in [1.165, 1.54) is 42.6 Å². The number of non-ortho nitro benzene ring substituents is 1. The summed E-state index contributed by atoms with van der Waals surface area (Å²) in [5, 5.41) is 29.5. The first-order valence-electron chi connectivity index (χ1n) is 10.9. The Balaban J connectivity index is 1.40. The minimum Gasteiger partial charge on any atom is -0.454 e. The van der Waals surface area contributed by atoms with Crippen molar-refractivity contribution in [1.82, 2.24) is 15.0 Å². The van der Waals surface area contributed by atoms with Crippen LogP contribution in [0.5, 0.6) is 11.5 Å². The number of fused-ring (bicyclic) bond motifs is 1. The molecule has 0 saturated carbocycles. The molecule has 2 aromatic carbocycles. The summed E-state index contributed by atoms with van der Waals surface area (Å²) < 4.78 is 15.9. The van der Waals surface area contributed by atoms with Crippen LogP contribution in [0.4, 0.5) is 34.9 Å². The van der Waals surface area contributed by atoms with Crippen molar-refractivity contribution in [3.05, 3.63) is 62.2 Å². The van der Waals surface area contributed by atoms with Gasteiger partial charge >= 0.3 is 0 Å². The zero-order chi connectivity index (χ0) is 25.8. The SMILES string of the molecule is O=[N+]([O-])c1ccc(Nc2nc(NN=Cc3cc4c(cc3[N+](=O)[O-])OCO4)nc(N3CCOCC3)n2)cc1. The molecule has 0 amide bonds. The second-order valence-electron chi connectivity index (χ2n) is 7.70. The third kappa shape index (κ3) is 5.43. The largest absolute Gasteiger partial charge is 0.454 e. The first kappa shape index (κ1) is 23.6. The van der Waals surface area contributed by atoms with Crippen molar-refractivity contribution < 1.29 is 24.1 Å². The van der Waals surface area contributed by atoms with Crippen LogP contribution in [-0.2, 0) is 4.74 Å². The zero-order valence-corrected chi connectivity index (χ0v) is 19.1. The zero-order valence-electron chi connectivity index (χ0n) is 19.1. The second-order valence-corrected chi connectivity index (χ2v) is 7.70. The summed E-state index contributed by atoms with van der Waals surface area (Å²) in [6, 6.07) is 8.50. The van der Waals surface area contributed by atoms with Gasteiger partial charge in [0.05, 0.1) is 40.9 Å². The summed E-state index contributed by atoms with van der Waals surface area (Å²) >= 11 is 0. The Morgan fingerprint density at radius 1 is 0.946 bits per heavy atom. The topological polar surface area (TPSA) is 192 Å². The van der Waals surface area contributed by atoms with Gasteiger partial charge in [0.15, 0.2) is 11.5 Å². The molecule has 2 aliphatic heterocycles. The van der Waals surface area contributed by atoms with Crippen molar-refractivity contribution in [1.29, 1.82) is 0 Å². The van der Waals surface area contributed by atoms with Gasteiger partial charge < -0.3 is 24.4 Å². The maximum Gasteiger partial charge on any atom is 0.282 e. The molecule has 3 heterocycles. The highest BCUT2D eigenvalue weighted by Gasteiger charge is 2.23. The number of nitrogens with one attached hydrogen (secondary N) is 2. The molecule has 0 radical (unpaired) electrons. The highest BCUT2D eigenvalue weighted by molar-refractivity contribution is 5.87. The van der Waals surface area contributed by atoms with Gasteiger partial charge in [-0.05, 0) is 18.2 Å². The first-order valence-corrected chi connectivity index (χ1v) is 10.9. The lowest BCUT2D eigenvalue weighted by Crippen LogP contribution is -2.37. The highest BCUT2D eigenvalue weighted by atomic mass is 16.7.